The monoisotopic (exact) mass is 430 g/mol. The van der Waals surface area contributed by atoms with Crippen LogP contribution in [0.15, 0.2) is 78.9 Å². The van der Waals surface area contributed by atoms with Crippen LogP contribution in [-0.2, 0) is 11.3 Å². The van der Waals surface area contributed by atoms with Crippen molar-refractivity contribution in [1.82, 2.24) is 5.32 Å². The van der Waals surface area contributed by atoms with Crippen molar-refractivity contribution in [2.45, 2.75) is 19.4 Å². The van der Waals surface area contributed by atoms with E-state index in [1.165, 1.54) is 0 Å². The lowest BCUT2D eigenvalue weighted by atomic mass is 10.1. The normalized spacial score (nSPS) is 12.6. The molecule has 0 aromatic heterocycles. The molecular formula is C26H26N2O4. The van der Waals surface area contributed by atoms with E-state index in [1.807, 2.05) is 60.7 Å². The summed E-state index contributed by atoms with van der Waals surface area (Å²) in [6, 6.07) is 24.2. The second-order valence-electron chi connectivity index (χ2n) is 7.65. The molecule has 1 saturated carbocycles. The number of hydrogen-bond acceptors (Lipinski definition) is 4. The SMILES string of the molecule is O=C(NCc1cccc(NC(=O)C2CC2)c1)c1ccccc1OCCOc1ccccc1. The Kier molecular flexibility index (Phi) is 7.02. The highest BCUT2D eigenvalue weighted by molar-refractivity contribution is 5.97. The van der Waals surface area contributed by atoms with Crippen molar-refractivity contribution < 1.29 is 19.1 Å². The molecule has 1 fully saturated rings. The van der Waals surface area contributed by atoms with Gasteiger partial charge in [0.2, 0.25) is 5.91 Å². The summed E-state index contributed by atoms with van der Waals surface area (Å²) < 4.78 is 11.4. The summed E-state index contributed by atoms with van der Waals surface area (Å²) in [5, 5.41) is 5.85. The lowest BCUT2D eigenvalue weighted by Crippen LogP contribution is -2.24. The highest BCUT2D eigenvalue weighted by Gasteiger charge is 2.29. The molecule has 0 heterocycles. The molecular weight excluding hydrogens is 404 g/mol. The number of anilines is 1. The van der Waals surface area contributed by atoms with Crippen LogP contribution in [0, 0.1) is 5.92 Å². The van der Waals surface area contributed by atoms with Crippen molar-refractivity contribution in [3.8, 4) is 11.5 Å². The van der Waals surface area contributed by atoms with Crippen LogP contribution in [0.3, 0.4) is 0 Å². The minimum atomic E-state index is -0.225. The summed E-state index contributed by atoms with van der Waals surface area (Å²) in [6.45, 7) is 1.04. The second kappa shape index (κ2) is 10.5. The summed E-state index contributed by atoms with van der Waals surface area (Å²) in [5.74, 6) is 1.27. The number of nitrogens with one attached hydrogen (secondary N) is 2. The van der Waals surface area contributed by atoms with Gasteiger partial charge in [-0.2, -0.15) is 0 Å². The van der Waals surface area contributed by atoms with Gasteiger partial charge in [-0.15, -0.1) is 0 Å². The van der Waals surface area contributed by atoms with Gasteiger partial charge in [0.15, 0.2) is 0 Å². The number of carbonyl (C=O) groups excluding carboxylic acids is 2. The molecule has 0 radical (unpaired) electrons. The second-order valence-corrected chi connectivity index (χ2v) is 7.65. The zero-order valence-corrected chi connectivity index (χ0v) is 17.8. The van der Waals surface area contributed by atoms with Crippen LogP contribution in [-0.4, -0.2) is 25.0 Å². The molecule has 1 aliphatic rings. The minimum Gasteiger partial charge on any atom is -0.490 e. The van der Waals surface area contributed by atoms with Gasteiger partial charge in [0.05, 0.1) is 5.56 Å². The van der Waals surface area contributed by atoms with E-state index in [1.54, 1.807) is 18.2 Å². The van der Waals surface area contributed by atoms with Crippen LogP contribution < -0.4 is 20.1 Å². The lowest BCUT2D eigenvalue weighted by molar-refractivity contribution is -0.117. The molecule has 6 nitrogen and oxygen atoms in total. The van der Waals surface area contributed by atoms with Crippen LogP contribution in [0.4, 0.5) is 5.69 Å². The fraction of sp³-hybridized carbons (Fsp3) is 0.231. The lowest BCUT2D eigenvalue weighted by Gasteiger charge is -2.13. The average molecular weight is 431 g/mol. The summed E-state index contributed by atoms with van der Waals surface area (Å²) in [5.41, 5.74) is 2.11. The van der Waals surface area contributed by atoms with E-state index in [2.05, 4.69) is 10.6 Å². The number of carbonyl (C=O) groups is 2. The van der Waals surface area contributed by atoms with Crippen molar-refractivity contribution in [2.24, 2.45) is 5.92 Å². The molecule has 3 aromatic rings. The van der Waals surface area contributed by atoms with E-state index in [9.17, 15) is 9.59 Å². The Balaban J connectivity index is 1.29. The number of rotatable bonds is 10. The van der Waals surface area contributed by atoms with Crippen LogP contribution in [0.2, 0.25) is 0 Å². The molecule has 2 amide bonds. The molecule has 6 heteroatoms. The Morgan fingerprint density at radius 3 is 2.41 bits per heavy atom. The molecule has 1 aliphatic carbocycles. The first-order valence-corrected chi connectivity index (χ1v) is 10.8. The topological polar surface area (TPSA) is 76.7 Å². The molecule has 0 atom stereocenters. The molecule has 0 bridgehead atoms. The third kappa shape index (κ3) is 6.11. The van der Waals surface area contributed by atoms with Gasteiger partial charge in [0, 0.05) is 18.2 Å². The Morgan fingerprint density at radius 2 is 1.59 bits per heavy atom. The number of para-hydroxylation sites is 2. The standard InChI is InChI=1S/C26H26N2O4/c29-25(20-13-14-20)28-21-8-6-7-19(17-21)18-27-26(30)23-11-4-5-12-24(23)32-16-15-31-22-9-2-1-3-10-22/h1-12,17,20H,13-16,18H2,(H,27,30)(H,28,29). The molecule has 0 unspecified atom stereocenters. The highest BCUT2D eigenvalue weighted by atomic mass is 16.5. The van der Waals surface area contributed by atoms with Gasteiger partial charge in [0.1, 0.15) is 24.7 Å². The molecule has 2 N–H and O–H groups in total. The van der Waals surface area contributed by atoms with Gasteiger partial charge in [-0.1, -0.05) is 42.5 Å². The smallest absolute Gasteiger partial charge is 0.255 e. The summed E-state index contributed by atoms with van der Waals surface area (Å²) in [4.78, 5) is 24.7. The first kappa shape index (κ1) is 21.4. The summed E-state index contributed by atoms with van der Waals surface area (Å²) >= 11 is 0. The number of amides is 2. The quantitative estimate of drug-likeness (QED) is 0.467. The Bertz CT molecular complexity index is 1060. The van der Waals surface area contributed by atoms with Crippen LogP contribution in [0.25, 0.3) is 0 Å². The number of hydrogen-bond donors (Lipinski definition) is 2. The molecule has 164 valence electrons. The fourth-order valence-electron chi connectivity index (χ4n) is 3.23. The molecule has 32 heavy (non-hydrogen) atoms. The van der Waals surface area contributed by atoms with Gasteiger partial charge in [-0.05, 0) is 54.8 Å². The zero-order chi connectivity index (χ0) is 22.2. The van der Waals surface area contributed by atoms with Crippen LogP contribution in [0.1, 0.15) is 28.8 Å². The average Bonchev–Trinajstić information content (AvgIpc) is 3.67. The van der Waals surface area contributed by atoms with E-state index in [0.29, 0.717) is 31.1 Å². The Hall–Kier alpha value is -3.80. The maximum atomic E-state index is 12.8. The zero-order valence-electron chi connectivity index (χ0n) is 17.8. The van der Waals surface area contributed by atoms with Gasteiger partial charge < -0.3 is 20.1 Å². The van der Waals surface area contributed by atoms with Gasteiger partial charge in [-0.25, -0.2) is 0 Å². The van der Waals surface area contributed by atoms with E-state index >= 15 is 0 Å². The molecule has 0 spiro atoms. The predicted molar refractivity (Wildman–Crippen MR) is 123 cm³/mol. The fourth-order valence-corrected chi connectivity index (χ4v) is 3.23. The molecule has 0 aliphatic heterocycles. The van der Waals surface area contributed by atoms with Crippen molar-refractivity contribution in [3.63, 3.8) is 0 Å². The first-order chi connectivity index (χ1) is 15.7. The van der Waals surface area contributed by atoms with E-state index in [-0.39, 0.29) is 17.7 Å². The van der Waals surface area contributed by atoms with Gasteiger partial charge in [-0.3, -0.25) is 9.59 Å². The maximum absolute atomic E-state index is 12.8. The van der Waals surface area contributed by atoms with Crippen molar-refractivity contribution in [2.75, 3.05) is 18.5 Å². The first-order valence-electron chi connectivity index (χ1n) is 10.8. The Labute approximate surface area is 187 Å². The van der Waals surface area contributed by atoms with E-state index in [4.69, 9.17) is 9.47 Å². The Morgan fingerprint density at radius 1 is 0.844 bits per heavy atom. The molecule has 0 saturated heterocycles. The van der Waals surface area contributed by atoms with E-state index < -0.39 is 0 Å². The van der Waals surface area contributed by atoms with Crippen molar-refractivity contribution in [3.05, 3.63) is 90.0 Å². The van der Waals surface area contributed by atoms with Crippen molar-refractivity contribution in [1.29, 1.82) is 0 Å². The van der Waals surface area contributed by atoms with Crippen LogP contribution >= 0.6 is 0 Å². The minimum absolute atomic E-state index is 0.0634. The summed E-state index contributed by atoms with van der Waals surface area (Å²) in [7, 11) is 0. The molecule has 4 rings (SSSR count). The third-order valence-corrected chi connectivity index (χ3v) is 5.08. The maximum Gasteiger partial charge on any atom is 0.255 e. The number of ether oxygens (including phenoxy) is 2. The third-order valence-electron chi connectivity index (χ3n) is 5.08. The van der Waals surface area contributed by atoms with Crippen LogP contribution in [0.5, 0.6) is 11.5 Å². The van der Waals surface area contributed by atoms with Gasteiger partial charge in [0.25, 0.3) is 5.91 Å². The molecule has 3 aromatic carbocycles. The largest absolute Gasteiger partial charge is 0.490 e. The summed E-state index contributed by atoms with van der Waals surface area (Å²) in [6.07, 6.45) is 1.92. The van der Waals surface area contributed by atoms with Gasteiger partial charge >= 0.3 is 0 Å². The van der Waals surface area contributed by atoms with E-state index in [0.717, 1.165) is 29.8 Å². The van der Waals surface area contributed by atoms with Crippen molar-refractivity contribution >= 4 is 17.5 Å². The predicted octanol–water partition coefficient (Wildman–Crippen LogP) is 4.42. The number of benzene rings is 3. The highest BCUT2D eigenvalue weighted by Crippen LogP contribution is 2.30.